The number of nitriles is 1. The van der Waals surface area contributed by atoms with Crippen LogP contribution in [0.15, 0.2) is 42.7 Å². The van der Waals surface area contributed by atoms with Gasteiger partial charge in [-0.3, -0.25) is 4.98 Å². The zero-order chi connectivity index (χ0) is 12.8. The number of hydrogen-bond acceptors (Lipinski definition) is 4. The van der Waals surface area contributed by atoms with Crippen molar-refractivity contribution in [2.45, 2.75) is 6.92 Å². The van der Waals surface area contributed by atoms with E-state index in [1.54, 1.807) is 18.3 Å². The second kappa shape index (κ2) is 5.69. The third-order valence-corrected chi connectivity index (χ3v) is 2.27. The van der Waals surface area contributed by atoms with Gasteiger partial charge in [0.15, 0.2) is 17.2 Å². The Labute approximate surface area is 105 Å². The molecule has 0 aliphatic heterocycles. The van der Waals surface area contributed by atoms with Gasteiger partial charge in [-0.05, 0) is 25.1 Å². The van der Waals surface area contributed by atoms with Crippen LogP contribution in [0.2, 0.25) is 0 Å². The van der Waals surface area contributed by atoms with Crippen LogP contribution >= 0.6 is 0 Å². The summed E-state index contributed by atoms with van der Waals surface area (Å²) >= 11 is 0. The van der Waals surface area contributed by atoms with Crippen molar-refractivity contribution in [1.29, 1.82) is 5.26 Å². The van der Waals surface area contributed by atoms with Gasteiger partial charge < -0.3 is 9.47 Å². The Balaban J connectivity index is 2.31. The van der Waals surface area contributed by atoms with Gasteiger partial charge in [-0.2, -0.15) is 5.26 Å². The maximum atomic E-state index is 8.98. The Bertz CT molecular complexity index is 576. The summed E-state index contributed by atoms with van der Waals surface area (Å²) in [5.74, 6) is 1.64. The molecule has 0 unspecified atom stereocenters. The second-order valence-electron chi connectivity index (χ2n) is 3.47. The van der Waals surface area contributed by atoms with Crippen LogP contribution in [0.25, 0.3) is 0 Å². The summed E-state index contributed by atoms with van der Waals surface area (Å²) in [6.07, 6.45) is 3.07. The summed E-state index contributed by atoms with van der Waals surface area (Å²) in [4.78, 5) is 3.95. The number of aromatic nitrogens is 1. The highest BCUT2D eigenvalue weighted by Gasteiger charge is 2.08. The zero-order valence-corrected chi connectivity index (χ0v) is 9.96. The minimum atomic E-state index is 0.423. The molecule has 1 heterocycles. The lowest BCUT2D eigenvalue weighted by molar-refractivity contribution is 0.321. The van der Waals surface area contributed by atoms with Gasteiger partial charge in [-0.15, -0.1) is 0 Å². The number of ether oxygens (including phenoxy) is 2. The fourth-order valence-electron chi connectivity index (χ4n) is 1.48. The highest BCUT2D eigenvalue weighted by molar-refractivity contribution is 5.47. The van der Waals surface area contributed by atoms with E-state index >= 15 is 0 Å². The van der Waals surface area contributed by atoms with Crippen LogP contribution in [0.4, 0.5) is 0 Å². The molecule has 0 saturated carbocycles. The first-order valence-electron chi connectivity index (χ1n) is 5.59. The lowest BCUT2D eigenvalue weighted by Crippen LogP contribution is -1.95. The molecule has 1 aromatic heterocycles. The van der Waals surface area contributed by atoms with Crippen LogP contribution in [0, 0.1) is 11.3 Å². The highest BCUT2D eigenvalue weighted by atomic mass is 16.5. The summed E-state index contributed by atoms with van der Waals surface area (Å²) in [5.41, 5.74) is 0.441. The minimum Gasteiger partial charge on any atom is -0.490 e. The van der Waals surface area contributed by atoms with Gasteiger partial charge in [0, 0.05) is 6.20 Å². The van der Waals surface area contributed by atoms with Crippen molar-refractivity contribution in [1.82, 2.24) is 4.98 Å². The largest absolute Gasteiger partial charge is 0.490 e. The number of pyridine rings is 1. The fourth-order valence-corrected chi connectivity index (χ4v) is 1.48. The van der Waals surface area contributed by atoms with E-state index in [2.05, 4.69) is 11.1 Å². The third kappa shape index (κ3) is 2.58. The molecule has 4 heteroatoms. The first-order valence-corrected chi connectivity index (χ1v) is 5.59. The predicted octanol–water partition coefficient (Wildman–Crippen LogP) is 3.14. The zero-order valence-electron chi connectivity index (χ0n) is 9.96. The summed E-state index contributed by atoms with van der Waals surface area (Å²) in [6, 6.07) is 11.0. The topological polar surface area (TPSA) is 55.1 Å². The summed E-state index contributed by atoms with van der Waals surface area (Å²) in [5, 5.41) is 8.98. The lowest BCUT2D eigenvalue weighted by Gasteiger charge is -2.11. The van der Waals surface area contributed by atoms with Gasteiger partial charge in [-0.25, -0.2) is 0 Å². The predicted molar refractivity (Wildman–Crippen MR) is 66.6 cm³/mol. The molecule has 2 rings (SSSR count). The van der Waals surface area contributed by atoms with E-state index in [9.17, 15) is 0 Å². The average Bonchev–Trinajstić information content (AvgIpc) is 2.42. The Kier molecular flexibility index (Phi) is 3.77. The molecule has 0 atom stereocenters. The molecular formula is C14H12N2O2. The van der Waals surface area contributed by atoms with Crippen LogP contribution in [-0.4, -0.2) is 11.6 Å². The first-order chi connectivity index (χ1) is 8.85. The molecule has 0 aliphatic carbocycles. The van der Waals surface area contributed by atoms with E-state index in [-0.39, 0.29) is 0 Å². The van der Waals surface area contributed by atoms with E-state index < -0.39 is 0 Å². The number of benzene rings is 1. The van der Waals surface area contributed by atoms with E-state index in [0.29, 0.717) is 29.4 Å². The standard InChI is InChI=1S/C14H12N2O2/c1-2-17-12-5-3-4-6-13(12)18-14-10-16-8-7-11(14)9-15/h3-8,10H,2H2,1H3. The molecule has 2 aromatic rings. The Morgan fingerprint density at radius 1 is 1.17 bits per heavy atom. The molecule has 18 heavy (non-hydrogen) atoms. The average molecular weight is 240 g/mol. The maximum Gasteiger partial charge on any atom is 0.169 e. The first kappa shape index (κ1) is 11.9. The number of para-hydroxylation sites is 2. The van der Waals surface area contributed by atoms with Crippen molar-refractivity contribution < 1.29 is 9.47 Å². The number of nitrogens with zero attached hydrogens (tertiary/aromatic N) is 2. The molecule has 0 saturated heterocycles. The molecule has 0 N–H and O–H groups in total. The van der Waals surface area contributed by atoms with Crippen molar-refractivity contribution >= 4 is 0 Å². The monoisotopic (exact) mass is 240 g/mol. The van der Waals surface area contributed by atoms with E-state index in [1.807, 2.05) is 25.1 Å². The molecule has 0 bridgehead atoms. The molecule has 90 valence electrons. The van der Waals surface area contributed by atoms with E-state index in [4.69, 9.17) is 14.7 Å². The third-order valence-electron chi connectivity index (χ3n) is 2.27. The van der Waals surface area contributed by atoms with Gasteiger partial charge in [0.25, 0.3) is 0 Å². The molecule has 4 nitrogen and oxygen atoms in total. The molecular weight excluding hydrogens is 228 g/mol. The van der Waals surface area contributed by atoms with Crippen molar-refractivity contribution in [3.8, 4) is 23.3 Å². The summed E-state index contributed by atoms with van der Waals surface area (Å²) in [7, 11) is 0. The Morgan fingerprint density at radius 2 is 1.94 bits per heavy atom. The van der Waals surface area contributed by atoms with Crippen LogP contribution in [0.5, 0.6) is 17.2 Å². The molecule has 0 radical (unpaired) electrons. The second-order valence-corrected chi connectivity index (χ2v) is 3.47. The fraction of sp³-hybridized carbons (Fsp3) is 0.143. The minimum absolute atomic E-state index is 0.423. The Morgan fingerprint density at radius 3 is 2.67 bits per heavy atom. The summed E-state index contributed by atoms with van der Waals surface area (Å²) in [6.45, 7) is 2.46. The molecule has 1 aromatic carbocycles. The summed E-state index contributed by atoms with van der Waals surface area (Å²) < 4.78 is 11.1. The van der Waals surface area contributed by atoms with Gasteiger partial charge >= 0.3 is 0 Å². The van der Waals surface area contributed by atoms with Crippen molar-refractivity contribution in [3.63, 3.8) is 0 Å². The van der Waals surface area contributed by atoms with E-state index in [0.717, 1.165) is 0 Å². The van der Waals surface area contributed by atoms with Crippen molar-refractivity contribution in [3.05, 3.63) is 48.3 Å². The van der Waals surface area contributed by atoms with Gasteiger partial charge in [0.05, 0.1) is 18.4 Å². The molecule has 0 spiro atoms. The van der Waals surface area contributed by atoms with E-state index in [1.165, 1.54) is 6.20 Å². The SMILES string of the molecule is CCOc1ccccc1Oc1cnccc1C#N. The van der Waals surface area contributed by atoms with Crippen LogP contribution < -0.4 is 9.47 Å². The normalized spacial score (nSPS) is 9.56. The maximum absolute atomic E-state index is 8.98. The van der Waals surface area contributed by atoms with Gasteiger partial charge in [0.2, 0.25) is 0 Å². The van der Waals surface area contributed by atoms with Gasteiger partial charge in [0.1, 0.15) is 6.07 Å². The Hall–Kier alpha value is -2.54. The van der Waals surface area contributed by atoms with Crippen LogP contribution in [-0.2, 0) is 0 Å². The number of hydrogen-bond donors (Lipinski definition) is 0. The number of rotatable bonds is 4. The van der Waals surface area contributed by atoms with Crippen LogP contribution in [0.1, 0.15) is 12.5 Å². The van der Waals surface area contributed by atoms with Crippen LogP contribution in [0.3, 0.4) is 0 Å². The molecule has 0 amide bonds. The molecule has 0 aliphatic rings. The smallest absolute Gasteiger partial charge is 0.169 e. The van der Waals surface area contributed by atoms with Crippen molar-refractivity contribution in [2.24, 2.45) is 0 Å². The van der Waals surface area contributed by atoms with Gasteiger partial charge in [-0.1, -0.05) is 12.1 Å². The lowest BCUT2D eigenvalue weighted by atomic mass is 10.2. The highest BCUT2D eigenvalue weighted by Crippen LogP contribution is 2.32. The quantitative estimate of drug-likeness (QED) is 0.823. The van der Waals surface area contributed by atoms with Crippen molar-refractivity contribution in [2.75, 3.05) is 6.61 Å². The molecule has 0 fully saturated rings.